The lowest BCUT2D eigenvalue weighted by Crippen LogP contribution is -2.40. The van der Waals surface area contributed by atoms with Crippen LogP contribution in [0, 0.1) is 0 Å². The summed E-state index contributed by atoms with van der Waals surface area (Å²) >= 11 is 0. The van der Waals surface area contributed by atoms with E-state index < -0.39 is 0 Å². The fourth-order valence-corrected chi connectivity index (χ4v) is 1.03. The van der Waals surface area contributed by atoms with Crippen molar-refractivity contribution in [3.8, 4) is 0 Å². The highest BCUT2D eigenvalue weighted by Crippen LogP contribution is 2.15. The zero-order valence-electron chi connectivity index (χ0n) is 6.43. The second kappa shape index (κ2) is 5.30. The summed E-state index contributed by atoms with van der Waals surface area (Å²) in [7, 11) is 0. The molecular formula is C7H11Cl2N3. The van der Waals surface area contributed by atoms with Crippen molar-refractivity contribution in [2.75, 3.05) is 13.1 Å². The molecule has 12 heavy (non-hydrogen) atoms. The Morgan fingerprint density at radius 3 is 2.50 bits per heavy atom. The van der Waals surface area contributed by atoms with Gasteiger partial charge in [-0.1, -0.05) is 0 Å². The van der Waals surface area contributed by atoms with Crippen LogP contribution in [0.25, 0.3) is 0 Å². The Labute approximate surface area is 83.8 Å². The minimum atomic E-state index is 0. The van der Waals surface area contributed by atoms with Gasteiger partial charge in [0.1, 0.15) is 0 Å². The Morgan fingerprint density at radius 2 is 2.08 bits per heavy atom. The highest BCUT2D eigenvalue weighted by Gasteiger charge is 2.19. The SMILES string of the molecule is Cl.Cl.c1cnnc(C2CNC2)c1. The molecule has 2 heterocycles. The number of halogens is 2. The van der Waals surface area contributed by atoms with Gasteiger partial charge in [0.15, 0.2) is 0 Å². The maximum Gasteiger partial charge on any atom is 0.0687 e. The first kappa shape index (κ1) is 11.6. The van der Waals surface area contributed by atoms with Gasteiger partial charge in [0.05, 0.1) is 5.69 Å². The van der Waals surface area contributed by atoms with Gasteiger partial charge in [-0.3, -0.25) is 0 Å². The fraction of sp³-hybridized carbons (Fsp3) is 0.429. The summed E-state index contributed by atoms with van der Waals surface area (Å²) in [4.78, 5) is 0. The molecule has 1 aromatic heterocycles. The molecule has 1 aliphatic heterocycles. The van der Waals surface area contributed by atoms with Gasteiger partial charge >= 0.3 is 0 Å². The zero-order valence-corrected chi connectivity index (χ0v) is 8.07. The first-order valence-corrected chi connectivity index (χ1v) is 3.45. The molecule has 1 aromatic rings. The van der Waals surface area contributed by atoms with E-state index in [9.17, 15) is 0 Å². The molecule has 1 N–H and O–H groups in total. The Bertz CT molecular complexity index is 213. The number of hydrogen-bond acceptors (Lipinski definition) is 3. The first-order valence-electron chi connectivity index (χ1n) is 3.45. The zero-order chi connectivity index (χ0) is 6.81. The van der Waals surface area contributed by atoms with E-state index >= 15 is 0 Å². The van der Waals surface area contributed by atoms with Gasteiger partial charge in [0, 0.05) is 25.2 Å². The van der Waals surface area contributed by atoms with Crippen LogP contribution >= 0.6 is 24.8 Å². The highest BCUT2D eigenvalue weighted by molar-refractivity contribution is 5.85. The number of nitrogens with zero attached hydrogens (tertiary/aromatic N) is 2. The van der Waals surface area contributed by atoms with Gasteiger partial charge < -0.3 is 5.32 Å². The third kappa shape index (κ3) is 2.30. The van der Waals surface area contributed by atoms with E-state index in [0.717, 1.165) is 18.8 Å². The van der Waals surface area contributed by atoms with E-state index in [2.05, 4.69) is 15.5 Å². The molecule has 5 heteroatoms. The van der Waals surface area contributed by atoms with Crippen molar-refractivity contribution < 1.29 is 0 Å². The summed E-state index contributed by atoms with van der Waals surface area (Å²) in [6.45, 7) is 2.11. The predicted molar refractivity (Wildman–Crippen MR) is 52.1 cm³/mol. The summed E-state index contributed by atoms with van der Waals surface area (Å²) in [6.07, 6.45) is 1.70. The van der Waals surface area contributed by atoms with E-state index in [1.54, 1.807) is 6.20 Å². The maximum atomic E-state index is 4.01. The van der Waals surface area contributed by atoms with Gasteiger partial charge in [-0.15, -0.1) is 24.8 Å². The largest absolute Gasteiger partial charge is 0.315 e. The van der Waals surface area contributed by atoms with Gasteiger partial charge in [-0.2, -0.15) is 10.2 Å². The van der Waals surface area contributed by atoms with Crippen LogP contribution in [0.1, 0.15) is 11.6 Å². The van der Waals surface area contributed by atoms with Crippen LogP contribution in [0.2, 0.25) is 0 Å². The summed E-state index contributed by atoms with van der Waals surface area (Å²) in [6, 6.07) is 3.96. The van der Waals surface area contributed by atoms with Gasteiger partial charge in [0.25, 0.3) is 0 Å². The second-order valence-electron chi connectivity index (χ2n) is 2.50. The molecule has 0 unspecified atom stereocenters. The van der Waals surface area contributed by atoms with Crippen molar-refractivity contribution in [2.24, 2.45) is 0 Å². The summed E-state index contributed by atoms with van der Waals surface area (Å²) in [5.74, 6) is 0.605. The van der Waals surface area contributed by atoms with Gasteiger partial charge in [0.2, 0.25) is 0 Å². The maximum absolute atomic E-state index is 4.01. The van der Waals surface area contributed by atoms with Crippen LogP contribution in [0.5, 0.6) is 0 Å². The molecule has 0 aliphatic carbocycles. The van der Waals surface area contributed by atoms with Crippen LogP contribution in [-0.2, 0) is 0 Å². The van der Waals surface area contributed by atoms with Crippen molar-refractivity contribution in [3.63, 3.8) is 0 Å². The minimum absolute atomic E-state index is 0. The smallest absolute Gasteiger partial charge is 0.0687 e. The number of hydrogen-bond donors (Lipinski definition) is 1. The Hall–Kier alpha value is -0.380. The lowest BCUT2D eigenvalue weighted by molar-refractivity contribution is 0.436. The number of rotatable bonds is 1. The molecule has 0 bridgehead atoms. The molecule has 0 aromatic carbocycles. The lowest BCUT2D eigenvalue weighted by Gasteiger charge is -2.25. The molecule has 0 saturated carbocycles. The minimum Gasteiger partial charge on any atom is -0.315 e. The second-order valence-corrected chi connectivity index (χ2v) is 2.50. The predicted octanol–water partition coefficient (Wildman–Crippen LogP) is 1.01. The molecule has 1 fully saturated rings. The van der Waals surface area contributed by atoms with E-state index in [1.165, 1.54) is 0 Å². The quantitative estimate of drug-likeness (QED) is 0.748. The first-order chi connectivity index (χ1) is 4.97. The highest BCUT2D eigenvalue weighted by atomic mass is 35.5. The summed E-state index contributed by atoms with van der Waals surface area (Å²) in [5.41, 5.74) is 1.11. The molecule has 3 nitrogen and oxygen atoms in total. The van der Waals surface area contributed by atoms with Crippen LogP contribution in [0.3, 0.4) is 0 Å². The molecule has 1 aliphatic rings. The van der Waals surface area contributed by atoms with Crippen molar-refractivity contribution in [1.82, 2.24) is 15.5 Å². The molecule has 0 atom stereocenters. The third-order valence-corrected chi connectivity index (χ3v) is 1.79. The normalized spacial score (nSPS) is 15.3. The standard InChI is InChI=1S/C7H9N3.2ClH/c1-2-7(10-9-3-1)6-4-8-5-6;;/h1-3,6,8H,4-5H2;2*1H. The van der Waals surface area contributed by atoms with E-state index in [4.69, 9.17) is 0 Å². The van der Waals surface area contributed by atoms with Crippen LogP contribution < -0.4 is 5.32 Å². The Morgan fingerprint density at radius 1 is 1.33 bits per heavy atom. The monoisotopic (exact) mass is 207 g/mol. The van der Waals surface area contributed by atoms with Gasteiger partial charge in [-0.25, -0.2) is 0 Å². The Balaban J connectivity index is 0.000000605. The van der Waals surface area contributed by atoms with Crippen molar-refractivity contribution in [2.45, 2.75) is 5.92 Å². The average molecular weight is 208 g/mol. The van der Waals surface area contributed by atoms with E-state index in [0.29, 0.717) is 5.92 Å². The lowest BCUT2D eigenvalue weighted by atomic mass is 9.99. The van der Waals surface area contributed by atoms with Crippen molar-refractivity contribution in [3.05, 3.63) is 24.0 Å². The van der Waals surface area contributed by atoms with Crippen LogP contribution in [0.4, 0.5) is 0 Å². The average Bonchev–Trinajstić information content (AvgIpc) is 1.86. The molecule has 0 spiro atoms. The Kier molecular flexibility index (Phi) is 5.13. The molecule has 1 saturated heterocycles. The third-order valence-electron chi connectivity index (χ3n) is 1.79. The van der Waals surface area contributed by atoms with Crippen molar-refractivity contribution >= 4 is 24.8 Å². The van der Waals surface area contributed by atoms with E-state index in [1.807, 2.05) is 12.1 Å². The van der Waals surface area contributed by atoms with Crippen LogP contribution in [-0.4, -0.2) is 23.3 Å². The van der Waals surface area contributed by atoms with Crippen LogP contribution in [0.15, 0.2) is 18.3 Å². The molecular weight excluding hydrogens is 197 g/mol. The van der Waals surface area contributed by atoms with Crippen molar-refractivity contribution in [1.29, 1.82) is 0 Å². The van der Waals surface area contributed by atoms with Gasteiger partial charge in [-0.05, 0) is 12.1 Å². The number of aromatic nitrogens is 2. The summed E-state index contributed by atoms with van der Waals surface area (Å²) in [5, 5.41) is 11.0. The number of nitrogens with one attached hydrogen (secondary N) is 1. The molecule has 68 valence electrons. The molecule has 0 amide bonds. The van der Waals surface area contributed by atoms with E-state index in [-0.39, 0.29) is 24.8 Å². The summed E-state index contributed by atoms with van der Waals surface area (Å²) < 4.78 is 0. The molecule has 2 rings (SSSR count). The fourth-order valence-electron chi connectivity index (χ4n) is 1.03. The topological polar surface area (TPSA) is 37.8 Å². The molecule has 0 radical (unpaired) electrons.